The maximum atomic E-state index is 11.5. The average Bonchev–Trinajstić information content (AvgIpc) is 2.38. The summed E-state index contributed by atoms with van der Waals surface area (Å²) in [4.78, 5) is 18.3. The predicted octanol–water partition coefficient (Wildman–Crippen LogP) is 2.04. The maximum Gasteiger partial charge on any atom is 0.252 e. The molecule has 0 aliphatic rings. The fourth-order valence-electron chi connectivity index (χ4n) is 1.60. The summed E-state index contributed by atoms with van der Waals surface area (Å²) in [7, 11) is 0. The van der Waals surface area contributed by atoms with Crippen LogP contribution in [-0.4, -0.2) is 21.3 Å². The van der Waals surface area contributed by atoms with Crippen molar-refractivity contribution in [3.05, 3.63) is 51.9 Å². The second kappa shape index (κ2) is 6.01. The van der Waals surface area contributed by atoms with Gasteiger partial charge in [-0.2, -0.15) is 5.10 Å². The summed E-state index contributed by atoms with van der Waals surface area (Å²) in [5, 5.41) is 13.3. The lowest BCUT2D eigenvalue weighted by atomic mass is 10.1. The predicted molar refractivity (Wildman–Crippen MR) is 78.3 cm³/mol. The zero-order chi connectivity index (χ0) is 14.5. The lowest BCUT2D eigenvalue weighted by molar-refractivity contribution is 0.475. The van der Waals surface area contributed by atoms with Gasteiger partial charge in [0.15, 0.2) is 0 Å². The molecule has 0 aliphatic heterocycles. The molecule has 2 rings (SSSR count). The van der Waals surface area contributed by atoms with Crippen LogP contribution in [-0.2, 0) is 0 Å². The van der Waals surface area contributed by atoms with Crippen LogP contribution >= 0.6 is 0 Å². The van der Waals surface area contributed by atoms with Gasteiger partial charge in [-0.25, -0.2) is 10.4 Å². The van der Waals surface area contributed by atoms with E-state index in [9.17, 15) is 9.90 Å². The van der Waals surface area contributed by atoms with Gasteiger partial charge >= 0.3 is 0 Å². The number of hydrogen-bond acceptors (Lipinski definition) is 5. The molecule has 0 amide bonds. The molecule has 104 valence electrons. The Labute approximate surface area is 116 Å². The van der Waals surface area contributed by atoms with Gasteiger partial charge in [-0.1, -0.05) is 26.0 Å². The van der Waals surface area contributed by atoms with Crippen LogP contribution < -0.4 is 11.0 Å². The molecule has 1 aromatic carbocycles. The van der Waals surface area contributed by atoms with Crippen molar-refractivity contribution in [2.75, 3.05) is 5.43 Å². The second-order valence-electron chi connectivity index (χ2n) is 4.64. The topological polar surface area (TPSA) is 90.4 Å². The van der Waals surface area contributed by atoms with Crippen LogP contribution in [0.3, 0.4) is 0 Å². The summed E-state index contributed by atoms with van der Waals surface area (Å²) >= 11 is 0. The fraction of sp³-hybridized carbons (Fsp3) is 0.214. The summed E-state index contributed by atoms with van der Waals surface area (Å²) in [5.74, 6) is 0.618. The van der Waals surface area contributed by atoms with Gasteiger partial charge in [0.2, 0.25) is 5.95 Å². The first kappa shape index (κ1) is 13.8. The van der Waals surface area contributed by atoms with E-state index in [-0.39, 0.29) is 23.2 Å². The van der Waals surface area contributed by atoms with Gasteiger partial charge in [0.1, 0.15) is 5.75 Å². The van der Waals surface area contributed by atoms with E-state index in [1.807, 2.05) is 13.8 Å². The number of anilines is 1. The number of phenols is 1. The highest BCUT2D eigenvalue weighted by Crippen LogP contribution is 2.10. The third-order valence-electron chi connectivity index (χ3n) is 2.61. The molecule has 0 saturated carbocycles. The minimum absolute atomic E-state index is 0.160. The number of nitrogens with zero attached hydrogens (tertiary/aromatic N) is 2. The van der Waals surface area contributed by atoms with Gasteiger partial charge in [0, 0.05) is 6.07 Å². The molecule has 6 heteroatoms. The normalized spacial score (nSPS) is 11.2. The molecule has 0 fully saturated rings. The van der Waals surface area contributed by atoms with Crippen molar-refractivity contribution >= 4 is 12.2 Å². The molecule has 2 aromatic rings. The van der Waals surface area contributed by atoms with Crippen molar-refractivity contribution in [1.29, 1.82) is 0 Å². The van der Waals surface area contributed by atoms with Gasteiger partial charge in [-0.3, -0.25) is 9.78 Å². The summed E-state index contributed by atoms with van der Waals surface area (Å²) < 4.78 is 0. The Morgan fingerprint density at radius 1 is 1.40 bits per heavy atom. The average molecular weight is 272 g/mol. The van der Waals surface area contributed by atoms with E-state index in [0.29, 0.717) is 5.69 Å². The third-order valence-corrected chi connectivity index (χ3v) is 2.61. The molecule has 3 N–H and O–H groups in total. The molecule has 0 atom stereocenters. The van der Waals surface area contributed by atoms with Gasteiger partial charge < -0.3 is 5.11 Å². The molecule has 0 radical (unpaired) electrons. The van der Waals surface area contributed by atoms with Crippen LogP contribution in [0.15, 0.2) is 40.2 Å². The van der Waals surface area contributed by atoms with E-state index in [1.165, 1.54) is 12.3 Å². The van der Waals surface area contributed by atoms with Crippen LogP contribution in [0.25, 0.3) is 0 Å². The van der Waals surface area contributed by atoms with Crippen LogP contribution in [0.4, 0.5) is 5.95 Å². The number of aromatic hydroxyl groups is 1. The maximum absolute atomic E-state index is 11.5. The monoisotopic (exact) mass is 272 g/mol. The molecule has 1 heterocycles. The Balaban J connectivity index is 2.13. The lowest BCUT2D eigenvalue weighted by Gasteiger charge is -2.05. The Bertz CT molecular complexity index is 677. The van der Waals surface area contributed by atoms with Crippen molar-refractivity contribution in [3.8, 4) is 5.75 Å². The molecule has 0 unspecified atom stereocenters. The van der Waals surface area contributed by atoms with E-state index in [4.69, 9.17) is 0 Å². The van der Waals surface area contributed by atoms with Crippen molar-refractivity contribution < 1.29 is 5.11 Å². The second-order valence-corrected chi connectivity index (χ2v) is 4.64. The Morgan fingerprint density at radius 3 is 2.90 bits per heavy atom. The minimum atomic E-state index is -0.223. The minimum Gasteiger partial charge on any atom is -0.508 e. The molecule has 0 spiro atoms. The lowest BCUT2D eigenvalue weighted by Crippen LogP contribution is -2.12. The molecule has 6 nitrogen and oxygen atoms in total. The highest BCUT2D eigenvalue weighted by Gasteiger charge is 2.04. The first-order chi connectivity index (χ1) is 9.54. The number of benzene rings is 1. The quantitative estimate of drug-likeness (QED) is 0.587. The van der Waals surface area contributed by atoms with Crippen molar-refractivity contribution in [2.24, 2.45) is 5.10 Å². The van der Waals surface area contributed by atoms with E-state index in [0.717, 1.165) is 5.56 Å². The zero-order valence-corrected chi connectivity index (χ0v) is 11.3. The number of hydrogen-bond donors (Lipinski definition) is 3. The number of phenolic OH excluding ortho intramolecular Hbond substituents is 1. The largest absolute Gasteiger partial charge is 0.508 e. The Kier molecular flexibility index (Phi) is 4.14. The number of H-pyrrole nitrogens is 1. The van der Waals surface area contributed by atoms with Crippen LogP contribution in [0.5, 0.6) is 5.75 Å². The van der Waals surface area contributed by atoms with Gasteiger partial charge in [-0.05, 0) is 23.6 Å². The van der Waals surface area contributed by atoms with Crippen LogP contribution in [0.2, 0.25) is 0 Å². The number of aromatic nitrogens is 2. The first-order valence-electron chi connectivity index (χ1n) is 6.24. The molecular formula is C14H16N4O2. The van der Waals surface area contributed by atoms with E-state index in [2.05, 4.69) is 20.5 Å². The third kappa shape index (κ3) is 3.68. The number of hydrazone groups is 1. The zero-order valence-electron chi connectivity index (χ0n) is 11.3. The molecule has 0 aliphatic carbocycles. The van der Waals surface area contributed by atoms with Crippen LogP contribution in [0, 0.1) is 0 Å². The van der Waals surface area contributed by atoms with Gasteiger partial charge in [-0.15, -0.1) is 0 Å². The molecule has 1 aromatic heterocycles. The van der Waals surface area contributed by atoms with E-state index < -0.39 is 0 Å². The van der Waals surface area contributed by atoms with Gasteiger partial charge in [0.05, 0.1) is 11.9 Å². The van der Waals surface area contributed by atoms with Gasteiger partial charge in [0.25, 0.3) is 5.56 Å². The number of nitrogens with one attached hydrogen (secondary N) is 2. The molecular weight excluding hydrogens is 256 g/mol. The standard InChI is InChI=1S/C14H16N4O2/c1-9(2)12-7-13(20)17-14(16-12)18-15-8-10-4-3-5-11(19)6-10/h3-9,19H,1-2H3,(H2,16,17,18,20)/b15-8-. The Morgan fingerprint density at radius 2 is 2.20 bits per heavy atom. The smallest absolute Gasteiger partial charge is 0.252 e. The summed E-state index contributed by atoms with van der Waals surface area (Å²) in [6, 6.07) is 8.14. The van der Waals surface area contributed by atoms with Crippen molar-refractivity contribution in [3.63, 3.8) is 0 Å². The highest BCUT2D eigenvalue weighted by molar-refractivity contribution is 5.80. The summed E-state index contributed by atoms with van der Waals surface area (Å²) in [5.41, 5.74) is 3.88. The van der Waals surface area contributed by atoms with Crippen molar-refractivity contribution in [2.45, 2.75) is 19.8 Å². The van der Waals surface area contributed by atoms with Crippen molar-refractivity contribution in [1.82, 2.24) is 9.97 Å². The SMILES string of the molecule is CC(C)c1cc(=O)[nH]c(N/N=C\c2cccc(O)c2)n1. The molecule has 0 saturated heterocycles. The first-order valence-corrected chi connectivity index (χ1v) is 6.24. The Hall–Kier alpha value is -2.63. The number of aromatic amines is 1. The van der Waals surface area contributed by atoms with E-state index in [1.54, 1.807) is 24.3 Å². The van der Waals surface area contributed by atoms with Crippen LogP contribution in [0.1, 0.15) is 31.0 Å². The number of rotatable bonds is 4. The molecule has 0 bridgehead atoms. The highest BCUT2D eigenvalue weighted by atomic mass is 16.3. The van der Waals surface area contributed by atoms with E-state index >= 15 is 0 Å². The summed E-state index contributed by atoms with van der Waals surface area (Å²) in [6.45, 7) is 3.92. The fourth-order valence-corrected chi connectivity index (χ4v) is 1.60. The molecule has 20 heavy (non-hydrogen) atoms. The summed E-state index contributed by atoms with van der Waals surface area (Å²) in [6.07, 6.45) is 1.53.